The lowest BCUT2D eigenvalue weighted by atomic mass is 9.94. The van der Waals surface area contributed by atoms with E-state index < -0.39 is 11.9 Å². The number of imide groups is 2. The third-order valence-corrected chi connectivity index (χ3v) is 3.11. The lowest BCUT2D eigenvalue weighted by Gasteiger charge is -2.35. The summed E-state index contributed by atoms with van der Waals surface area (Å²) in [6.45, 7) is 1.83. The molecule has 2 fully saturated rings. The van der Waals surface area contributed by atoms with Crippen molar-refractivity contribution in [1.82, 2.24) is 10.2 Å². The summed E-state index contributed by atoms with van der Waals surface area (Å²) in [4.78, 5) is 47.2. The summed E-state index contributed by atoms with van der Waals surface area (Å²) in [6.07, 6.45) is 0.965. The topological polar surface area (TPSA) is 83.6 Å². The van der Waals surface area contributed by atoms with Crippen LogP contribution in [0, 0.1) is 5.92 Å². The average molecular weight is 238 g/mol. The molecular weight excluding hydrogens is 224 g/mol. The van der Waals surface area contributed by atoms with Gasteiger partial charge in [-0.1, -0.05) is 6.92 Å². The van der Waals surface area contributed by atoms with Crippen molar-refractivity contribution in [3.8, 4) is 0 Å². The molecule has 2 aliphatic heterocycles. The summed E-state index contributed by atoms with van der Waals surface area (Å²) in [7, 11) is 0. The van der Waals surface area contributed by atoms with Crippen LogP contribution < -0.4 is 5.32 Å². The molecule has 0 saturated carbocycles. The molecule has 0 radical (unpaired) electrons. The Kier molecular flexibility index (Phi) is 2.95. The number of nitrogens with one attached hydrogen (secondary N) is 1. The van der Waals surface area contributed by atoms with Gasteiger partial charge in [0.25, 0.3) is 0 Å². The SMILES string of the molecule is CC1CC(=O)N(C2CCC(=O)NC2=O)C(=O)C1. The van der Waals surface area contributed by atoms with Crippen molar-refractivity contribution in [2.45, 2.75) is 38.6 Å². The molecule has 1 N–H and O–H groups in total. The van der Waals surface area contributed by atoms with Crippen LogP contribution in [0.3, 0.4) is 0 Å². The lowest BCUT2D eigenvalue weighted by molar-refractivity contribution is -0.159. The van der Waals surface area contributed by atoms with Gasteiger partial charge < -0.3 is 0 Å². The van der Waals surface area contributed by atoms with Gasteiger partial charge in [0, 0.05) is 19.3 Å². The van der Waals surface area contributed by atoms with Crippen LogP contribution >= 0.6 is 0 Å². The molecule has 2 saturated heterocycles. The highest BCUT2D eigenvalue weighted by molar-refractivity contribution is 6.06. The Morgan fingerprint density at radius 1 is 1.12 bits per heavy atom. The number of hydrogen-bond donors (Lipinski definition) is 1. The number of likely N-dealkylation sites (tertiary alicyclic amines) is 1. The standard InChI is InChI=1S/C11H14N2O4/c1-6-4-9(15)13(10(16)5-6)7-2-3-8(14)12-11(7)17/h6-7H,2-5H2,1H3,(H,12,14,17). The monoisotopic (exact) mass is 238 g/mol. The molecule has 0 aromatic carbocycles. The molecule has 0 aromatic heterocycles. The average Bonchev–Trinajstić information content (AvgIpc) is 2.19. The largest absolute Gasteiger partial charge is 0.295 e. The van der Waals surface area contributed by atoms with E-state index in [1.165, 1.54) is 0 Å². The molecule has 2 rings (SSSR count). The van der Waals surface area contributed by atoms with Crippen molar-refractivity contribution in [2.24, 2.45) is 5.92 Å². The Balaban J connectivity index is 2.16. The molecule has 6 heteroatoms. The molecule has 0 spiro atoms. The van der Waals surface area contributed by atoms with Gasteiger partial charge in [0.1, 0.15) is 6.04 Å². The van der Waals surface area contributed by atoms with Crippen LogP contribution in [-0.2, 0) is 19.2 Å². The number of hydrogen-bond acceptors (Lipinski definition) is 4. The highest BCUT2D eigenvalue weighted by Crippen LogP contribution is 2.23. The first-order valence-electron chi connectivity index (χ1n) is 5.67. The maximum absolute atomic E-state index is 11.8. The second-order valence-corrected chi connectivity index (χ2v) is 4.64. The Morgan fingerprint density at radius 2 is 1.71 bits per heavy atom. The number of nitrogens with zero attached hydrogens (tertiary/aromatic N) is 1. The second-order valence-electron chi connectivity index (χ2n) is 4.64. The number of carbonyl (C=O) groups is 4. The summed E-state index contributed by atoms with van der Waals surface area (Å²) in [5.74, 6) is -1.50. The molecule has 6 nitrogen and oxygen atoms in total. The van der Waals surface area contributed by atoms with E-state index in [2.05, 4.69) is 5.32 Å². The van der Waals surface area contributed by atoms with Gasteiger partial charge in [0.15, 0.2) is 0 Å². The lowest BCUT2D eigenvalue weighted by Crippen LogP contribution is -2.58. The first kappa shape index (κ1) is 11.8. The van der Waals surface area contributed by atoms with Gasteiger partial charge >= 0.3 is 0 Å². The molecule has 2 heterocycles. The summed E-state index contributed by atoms with van der Waals surface area (Å²) in [5, 5.41) is 2.16. The fraction of sp³-hybridized carbons (Fsp3) is 0.636. The number of piperidine rings is 2. The normalized spacial score (nSPS) is 27.4. The van der Waals surface area contributed by atoms with Crippen molar-refractivity contribution in [3.05, 3.63) is 0 Å². The molecule has 1 atom stereocenters. The molecule has 2 aliphatic rings. The Labute approximate surface area is 98.3 Å². The summed E-state index contributed by atoms with van der Waals surface area (Å²) >= 11 is 0. The summed E-state index contributed by atoms with van der Waals surface area (Å²) in [6, 6.07) is -0.805. The van der Waals surface area contributed by atoms with Gasteiger partial charge in [0.2, 0.25) is 23.6 Å². The third-order valence-electron chi connectivity index (χ3n) is 3.11. The molecule has 0 bridgehead atoms. The smallest absolute Gasteiger partial charge is 0.249 e. The first-order valence-corrected chi connectivity index (χ1v) is 5.67. The molecule has 0 aliphatic carbocycles. The van der Waals surface area contributed by atoms with Crippen molar-refractivity contribution in [1.29, 1.82) is 0 Å². The molecule has 0 aromatic rings. The van der Waals surface area contributed by atoms with E-state index in [0.29, 0.717) is 0 Å². The number of carbonyl (C=O) groups excluding carboxylic acids is 4. The number of rotatable bonds is 1. The summed E-state index contributed by atoms with van der Waals surface area (Å²) in [5.41, 5.74) is 0. The maximum Gasteiger partial charge on any atom is 0.249 e. The van der Waals surface area contributed by atoms with Gasteiger partial charge in [-0.15, -0.1) is 0 Å². The quantitative estimate of drug-likeness (QED) is 0.629. The fourth-order valence-corrected chi connectivity index (χ4v) is 2.28. The van der Waals surface area contributed by atoms with Crippen LogP contribution in [0.5, 0.6) is 0 Å². The maximum atomic E-state index is 11.8. The minimum Gasteiger partial charge on any atom is -0.295 e. The van der Waals surface area contributed by atoms with Crippen molar-refractivity contribution in [3.63, 3.8) is 0 Å². The van der Waals surface area contributed by atoms with Crippen LogP contribution in [0.4, 0.5) is 0 Å². The Morgan fingerprint density at radius 3 is 2.24 bits per heavy atom. The first-order chi connectivity index (χ1) is 7.99. The van der Waals surface area contributed by atoms with Gasteiger partial charge in [-0.2, -0.15) is 0 Å². The second kappa shape index (κ2) is 4.27. The van der Waals surface area contributed by atoms with E-state index in [-0.39, 0.29) is 49.3 Å². The van der Waals surface area contributed by atoms with Crippen molar-refractivity contribution in [2.75, 3.05) is 0 Å². The zero-order chi connectivity index (χ0) is 12.6. The van der Waals surface area contributed by atoms with Crippen LogP contribution in [0.15, 0.2) is 0 Å². The highest BCUT2D eigenvalue weighted by atomic mass is 16.2. The highest BCUT2D eigenvalue weighted by Gasteiger charge is 2.40. The predicted molar refractivity (Wildman–Crippen MR) is 56.4 cm³/mol. The van der Waals surface area contributed by atoms with E-state index in [0.717, 1.165) is 4.90 Å². The van der Waals surface area contributed by atoms with Crippen LogP contribution in [0.2, 0.25) is 0 Å². The minimum atomic E-state index is -0.805. The summed E-state index contributed by atoms with van der Waals surface area (Å²) < 4.78 is 0. The van der Waals surface area contributed by atoms with E-state index in [1.54, 1.807) is 0 Å². The van der Waals surface area contributed by atoms with E-state index >= 15 is 0 Å². The zero-order valence-corrected chi connectivity index (χ0v) is 9.56. The molecular formula is C11H14N2O4. The van der Waals surface area contributed by atoms with Gasteiger partial charge in [0.05, 0.1) is 0 Å². The van der Waals surface area contributed by atoms with E-state index in [1.807, 2.05) is 6.92 Å². The van der Waals surface area contributed by atoms with Gasteiger partial charge in [-0.3, -0.25) is 29.4 Å². The minimum absolute atomic E-state index is 0.0273. The molecule has 4 amide bonds. The molecule has 92 valence electrons. The van der Waals surface area contributed by atoms with Crippen LogP contribution in [-0.4, -0.2) is 34.6 Å². The third kappa shape index (κ3) is 2.20. The van der Waals surface area contributed by atoms with Gasteiger partial charge in [-0.05, 0) is 12.3 Å². The number of amides is 4. The van der Waals surface area contributed by atoms with E-state index in [4.69, 9.17) is 0 Å². The van der Waals surface area contributed by atoms with Crippen LogP contribution in [0.25, 0.3) is 0 Å². The predicted octanol–water partition coefficient (Wildman–Crippen LogP) is -0.423. The Bertz CT molecular complexity index is 386. The van der Waals surface area contributed by atoms with Crippen molar-refractivity contribution >= 4 is 23.6 Å². The van der Waals surface area contributed by atoms with Gasteiger partial charge in [-0.25, -0.2) is 0 Å². The Hall–Kier alpha value is -1.72. The van der Waals surface area contributed by atoms with Crippen LogP contribution in [0.1, 0.15) is 32.6 Å². The molecule has 1 unspecified atom stereocenters. The fourth-order valence-electron chi connectivity index (χ4n) is 2.28. The van der Waals surface area contributed by atoms with Crippen molar-refractivity contribution < 1.29 is 19.2 Å². The van der Waals surface area contributed by atoms with E-state index in [9.17, 15) is 19.2 Å². The molecule has 17 heavy (non-hydrogen) atoms. The zero-order valence-electron chi connectivity index (χ0n) is 9.56.